The van der Waals surface area contributed by atoms with E-state index < -0.39 is 0 Å². The van der Waals surface area contributed by atoms with Gasteiger partial charge in [0.1, 0.15) is 5.66 Å². The molecule has 1 aliphatic rings. The summed E-state index contributed by atoms with van der Waals surface area (Å²) in [5, 5.41) is 6.68. The fourth-order valence-corrected chi connectivity index (χ4v) is 2.54. The molecule has 0 saturated carbocycles. The predicted molar refractivity (Wildman–Crippen MR) is 80.7 cm³/mol. The molecular formula is C13H18ClN3S. The molecule has 1 aliphatic heterocycles. The highest BCUT2D eigenvalue weighted by atomic mass is 35.5. The lowest BCUT2D eigenvalue weighted by Gasteiger charge is -2.25. The number of nitrogens with zero attached hydrogens (tertiary/aromatic N) is 1. The number of unbranched alkanes of at least 4 members (excludes halogenated alkanes) is 1. The molecule has 2 rings (SSSR count). The molecule has 5 heteroatoms. The first kappa shape index (κ1) is 13.6. The number of thiocarbonyl (C=S) groups is 1. The van der Waals surface area contributed by atoms with E-state index in [2.05, 4.69) is 24.6 Å². The van der Waals surface area contributed by atoms with E-state index in [0.29, 0.717) is 5.11 Å². The molecule has 0 amide bonds. The van der Waals surface area contributed by atoms with Gasteiger partial charge in [-0.25, -0.2) is 5.43 Å². The molecule has 1 saturated heterocycles. The van der Waals surface area contributed by atoms with Gasteiger partial charge in [-0.05, 0) is 56.2 Å². The normalized spacial score (nSPS) is 23.3. The van der Waals surface area contributed by atoms with Crippen LogP contribution in [0.5, 0.6) is 0 Å². The highest BCUT2D eigenvalue weighted by Gasteiger charge is 2.35. The molecule has 1 atom stereocenters. The third kappa shape index (κ3) is 2.94. The van der Waals surface area contributed by atoms with Gasteiger partial charge < -0.3 is 5.32 Å². The molecule has 18 heavy (non-hydrogen) atoms. The van der Waals surface area contributed by atoms with Crippen LogP contribution in [-0.4, -0.2) is 10.8 Å². The van der Waals surface area contributed by atoms with Crippen LogP contribution in [0.3, 0.4) is 0 Å². The van der Waals surface area contributed by atoms with Gasteiger partial charge in [-0.3, -0.25) is 5.01 Å². The average molecular weight is 284 g/mol. The number of rotatable bonds is 4. The minimum atomic E-state index is -0.160. The largest absolute Gasteiger partial charge is 0.342 e. The third-order valence-electron chi connectivity index (χ3n) is 3.06. The Kier molecular flexibility index (Phi) is 4.10. The highest BCUT2D eigenvalue weighted by Crippen LogP contribution is 2.23. The Labute approximate surface area is 118 Å². The molecule has 0 spiro atoms. The molecular weight excluding hydrogens is 266 g/mol. The summed E-state index contributed by atoms with van der Waals surface area (Å²) in [6.45, 7) is 4.32. The highest BCUT2D eigenvalue weighted by molar-refractivity contribution is 7.80. The Morgan fingerprint density at radius 2 is 2.00 bits per heavy atom. The van der Waals surface area contributed by atoms with Gasteiger partial charge in [-0.2, -0.15) is 0 Å². The summed E-state index contributed by atoms with van der Waals surface area (Å²) >= 11 is 11.3. The average Bonchev–Trinajstić information content (AvgIpc) is 2.64. The summed E-state index contributed by atoms with van der Waals surface area (Å²) in [4.78, 5) is 0. The molecule has 3 nitrogen and oxygen atoms in total. The second-order valence-corrected chi connectivity index (χ2v) is 5.61. The second-order valence-electron chi connectivity index (χ2n) is 4.79. The van der Waals surface area contributed by atoms with Gasteiger partial charge in [0.2, 0.25) is 0 Å². The molecule has 2 N–H and O–H groups in total. The minimum Gasteiger partial charge on any atom is -0.342 e. The number of hydrogen-bond donors (Lipinski definition) is 2. The van der Waals surface area contributed by atoms with Crippen LogP contribution in [0.2, 0.25) is 5.02 Å². The van der Waals surface area contributed by atoms with E-state index in [9.17, 15) is 0 Å². The van der Waals surface area contributed by atoms with Crippen molar-refractivity contribution in [2.45, 2.75) is 38.8 Å². The van der Waals surface area contributed by atoms with Crippen molar-refractivity contribution in [3.8, 4) is 0 Å². The molecule has 1 heterocycles. The Balaban J connectivity index is 2.11. The second kappa shape index (κ2) is 5.43. The molecule has 0 aliphatic carbocycles. The van der Waals surface area contributed by atoms with E-state index in [1.807, 2.05) is 29.3 Å². The topological polar surface area (TPSA) is 27.3 Å². The number of nitrogens with one attached hydrogen (secondary N) is 2. The van der Waals surface area contributed by atoms with E-state index in [1.165, 1.54) is 6.42 Å². The summed E-state index contributed by atoms with van der Waals surface area (Å²) < 4.78 is 0. The summed E-state index contributed by atoms with van der Waals surface area (Å²) in [5.74, 6) is 0. The molecule has 0 aromatic heterocycles. The van der Waals surface area contributed by atoms with Crippen LogP contribution in [0.1, 0.15) is 33.1 Å². The van der Waals surface area contributed by atoms with Crippen LogP contribution in [0.4, 0.5) is 5.69 Å². The van der Waals surface area contributed by atoms with E-state index in [-0.39, 0.29) is 5.66 Å². The van der Waals surface area contributed by atoms with Crippen molar-refractivity contribution in [2.24, 2.45) is 0 Å². The lowest BCUT2D eigenvalue weighted by atomic mass is 10.1. The number of halogens is 1. The Hall–Kier alpha value is -0.840. The van der Waals surface area contributed by atoms with Crippen molar-refractivity contribution in [3.05, 3.63) is 29.3 Å². The van der Waals surface area contributed by atoms with Gasteiger partial charge in [0, 0.05) is 5.02 Å². The standard InChI is InChI=1S/C13H18ClN3S/c1-3-4-9-13(2)15-12(18)17(16-13)11-7-5-10(14)6-8-11/h5-8,16H,3-4,9H2,1-2H3,(H,15,18)/t13-/m1/s1. The summed E-state index contributed by atoms with van der Waals surface area (Å²) in [7, 11) is 0. The molecule has 98 valence electrons. The quantitative estimate of drug-likeness (QED) is 0.828. The fourth-order valence-electron chi connectivity index (χ4n) is 2.04. The predicted octanol–water partition coefficient (Wildman–Crippen LogP) is 3.45. The maximum Gasteiger partial charge on any atom is 0.189 e. The Morgan fingerprint density at radius 3 is 2.61 bits per heavy atom. The molecule has 1 aromatic rings. The minimum absolute atomic E-state index is 0.160. The summed E-state index contributed by atoms with van der Waals surface area (Å²) in [6.07, 6.45) is 3.37. The monoisotopic (exact) mass is 283 g/mol. The van der Waals surface area contributed by atoms with Crippen molar-refractivity contribution in [1.82, 2.24) is 10.7 Å². The van der Waals surface area contributed by atoms with E-state index in [0.717, 1.165) is 23.6 Å². The van der Waals surface area contributed by atoms with E-state index in [1.54, 1.807) is 0 Å². The summed E-state index contributed by atoms with van der Waals surface area (Å²) in [5.41, 5.74) is 4.26. The van der Waals surface area contributed by atoms with Gasteiger partial charge >= 0.3 is 0 Å². The zero-order valence-corrected chi connectivity index (χ0v) is 12.2. The zero-order valence-electron chi connectivity index (χ0n) is 10.7. The van der Waals surface area contributed by atoms with Crippen molar-refractivity contribution in [2.75, 3.05) is 5.01 Å². The molecule has 1 fully saturated rings. The van der Waals surface area contributed by atoms with Gasteiger partial charge in [-0.1, -0.05) is 24.9 Å². The van der Waals surface area contributed by atoms with Crippen LogP contribution in [-0.2, 0) is 0 Å². The van der Waals surface area contributed by atoms with Crippen molar-refractivity contribution in [3.63, 3.8) is 0 Å². The van der Waals surface area contributed by atoms with Gasteiger partial charge in [-0.15, -0.1) is 0 Å². The summed E-state index contributed by atoms with van der Waals surface area (Å²) in [6, 6.07) is 7.63. The molecule has 0 unspecified atom stereocenters. The van der Waals surface area contributed by atoms with E-state index in [4.69, 9.17) is 23.8 Å². The van der Waals surface area contributed by atoms with Crippen LogP contribution in [0, 0.1) is 0 Å². The first-order chi connectivity index (χ1) is 8.54. The number of anilines is 1. The van der Waals surface area contributed by atoms with Crippen LogP contribution >= 0.6 is 23.8 Å². The smallest absolute Gasteiger partial charge is 0.189 e. The third-order valence-corrected chi connectivity index (χ3v) is 3.60. The van der Waals surface area contributed by atoms with Crippen molar-refractivity contribution < 1.29 is 0 Å². The SMILES string of the molecule is CCCC[C@]1(C)NC(=S)N(c2ccc(Cl)cc2)N1. The first-order valence-corrected chi connectivity index (χ1v) is 6.98. The molecule has 1 aromatic carbocycles. The molecule has 0 bridgehead atoms. The maximum atomic E-state index is 5.89. The lowest BCUT2D eigenvalue weighted by Crippen LogP contribution is -2.48. The van der Waals surface area contributed by atoms with Gasteiger partial charge in [0.25, 0.3) is 0 Å². The maximum absolute atomic E-state index is 5.89. The molecule has 0 radical (unpaired) electrons. The van der Waals surface area contributed by atoms with Crippen LogP contribution in [0.15, 0.2) is 24.3 Å². The van der Waals surface area contributed by atoms with Gasteiger partial charge in [0.05, 0.1) is 5.69 Å². The van der Waals surface area contributed by atoms with Gasteiger partial charge in [0.15, 0.2) is 5.11 Å². The Morgan fingerprint density at radius 1 is 1.33 bits per heavy atom. The van der Waals surface area contributed by atoms with Crippen LogP contribution < -0.4 is 15.8 Å². The number of hydrazine groups is 1. The number of hydrogen-bond acceptors (Lipinski definition) is 2. The number of benzene rings is 1. The van der Waals surface area contributed by atoms with Crippen LogP contribution in [0.25, 0.3) is 0 Å². The lowest BCUT2D eigenvalue weighted by molar-refractivity contribution is 0.337. The van der Waals surface area contributed by atoms with E-state index >= 15 is 0 Å². The van der Waals surface area contributed by atoms with Crippen molar-refractivity contribution in [1.29, 1.82) is 0 Å². The first-order valence-electron chi connectivity index (χ1n) is 6.20. The zero-order chi connectivity index (χ0) is 13.2. The fraction of sp³-hybridized carbons (Fsp3) is 0.462. The Bertz CT molecular complexity index is 434. The van der Waals surface area contributed by atoms with Crippen molar-refractivity contribution >= 4 is 34.6 Å².